The van der Waals surface area contributed by atoms with E-state index in [1.165, 1.54) is 5.56 Å². The van der Waals surface area contributed by atoms with Gasteiger partial charge in [-0.25, -0.2) is 4.98 Å². The van der Waals surface area contributed by atoms with Gasteiger partial charge in [-0.15, -0.1) is 0 Å². The number of H-pyrrole nitrogens is 1. The van der Waals surface area contributed by atoms with Gasteiger partial charge < -0.3 is 10.1 Å². The van der Waals surface area contributed by atoms with E-state index in [4.69, 9.17) is 4.98 Å². The fourth-order valence-electron chi connectivity index (χ4n) is 4.60. The van der Waals surface area contributed by atoms with Crippen molar-refractivity contribution in [1.29, 1.82) is 0 Å². The minimum absolute atomic E-state index is 0.209. The van der Waals surface area contributed by atoms with Crippen molar-refractivity contribution < 1.29 is 5.11 Å². The number of pyridine rings is 1. The molecule has 164 valence electrons. The van der Waals surface area contributed by atoms with E-state index in [2.05, 4.69) is 65.4 Å². The number of aromatic nitrogens is 3. The number of hydrogen-bond donors (Lipinski definition) is 2. The number of para-hydroxylation sites is 2. The molecule has 0 fully saturated rings. The summed E-state index contributed by atoms with van der Waals surface area (Å²) in [7, 11) is 0. The van der Waals surface area contributed by atoms with Crippen LogP contribution in [-0.2, 0) is 6.42 Å². The van der Waals surface area contributed by atoms with Crippen molar-refractivity contribution in [2.45, 2.75) is 13.3 Å². The molecular weight excluding hydrogens is 418 g/mol. The predicted octanol–water partition coefficient (Wildman–Crippen LogP) is 7.38. The smallest absolute Gasteiger partial charge is 0.142 e. The highest BCUT2D eigenvalue weighted by Crippen LogP contribution is 2.35. The number of nitrogens with zero attached hydrogens (tertiary/aromatic N) is 2. The molecule has 2 aromatic heterocycles. The second-order valence-corrected chi connectivity index (χ2v) is 8.46. The van der Waals surface area contributed by atoms with Crippen LogP contribution in [0.3, 0.4) is 0 Å². The van der Waals surface area contributed by atoms with Crippen molar-refractivity contribution in [2.24, 2.45) is 0 Å². The van der Waals surface area contributed by atoms with Crippen LogP contribution in [0, 0.1) is 0 Å². The van der Waals surface area contributed by atoms with E-state index in [1.807, 2.05) is 42.6 Å². The fraction of sp³-hybridized carbons (Fsp3) is 0.0667. The predicted molar refractivity (Wildman–Crippen MR) is 139 cm³/mol. The average Bonchev–Trinajstić information content (AvgIpc) is 3.32. The van der Waals surface area contributed by atoms with Crippen LogP contribution in [0.15, 0.2) is 97.2 Å². The minimum atomic E-state index is 0.209. The third kappa shape index (κ3) is 3.41. The highest BCUT2D eigenvalue weighted by atomic mass is 16.3. The molecule has 2 N–H and O–H groups in total. The molecule has 0 saturated carbocycles. The van der Waals surface area contributed by atoms with Gasteiger partial charge in [0.25, 0.3) is 0 Å². The summed E-state index contributed by atoms with van der Waals surface area (Å²) < 4.78 is 0. The van der Waals surface area contributed by atoms with Gasteiger partial charge in [0.2, 0.25) is 0 Å². The zero-order chi connectivity index (χ0) is 23.1. The molecule has 0 amide bonds. The zero-order valence-electron chi connectivity index (χ0n) is 18.8. The molecule has 0 radical (unpaired) electrons. The van der Waals surface area contributed by atoms with Crippen molar-refractivity contribution in [1.82, 2.24) is 15.0 Å². The lowest BCUT2D eigenvalue weighted by Crippen LogP contribution is -1.90. The molecule has 0 unspecified atom stereocenters. The number of aromatic amines is 1. The van der Waals surface area contributed by atoms with Gasteiger partial charge in [0, 0.05) is 22.7 Å². The molecular formula is C30H23N3O. The lowest BCUT2D eigenvalue weighted by Gasteiger charge is -2.11. The molecule has 0 spiro atoms. The largest absolute Gasteiger partial charge is 0.507 e. The van der Waals surface area contributed by atoms with Gasteiger partial charge in [-0.2, -0.15) is 0 Å². The van der Waals surface area contributed by atoms with Crippen LogP contribution in [0.4, 0.5) is 0 Å². The highest BCUT2D eigenvalue weighted by Gasteiger charge is 2.14. The van der Waals surface area contributed by atoms with Crippen LogP contribution in [0.2, 0.25) is 0 Å². The van der Waals surface area contributed by atoms with Crippen molar-refractivity contribution in [2.75, 3.05) is 0 Å². The molecule has 34 heavy (non-hydrogen) atoms. The summed E-state index contributed by atoms with van der Waals surface area (Å²) in [6, 6.07) is 30.5. The molecule has 0 atom stereocenters. The molecule has 0 aliphatic carbocycles. The number of nitrogens with one attached hydrogen (secondary N) is 1. The van der Waals surface area contributed by atoms with Crippen LogP contribution in [0.1, 0.15) is 12.5 Å². The summed E-state index contributed by atoms with van der Waals surface area (Å²) in [5.41, 5.74) is 9.20. The zero-order valence-corrected chi connectivity index (χ0v) is 18.8. The second kappa shape index (κ2) is 8.16. The van der Waals surface area contributed by atoms with Crippen LogP contribution < -0.4 is 0 Å². The number of phenolic OH excluding ortho intramolecular Hbond substituents is 1. The Morgan fingerprint density at radius 1 is 0.735 bits per heavy atom. The van der Waals surface area contributed by atoms with Crippen LogP contribution in [0.25, 0.3) is 55.6 Å². The fourth-order valence-corrected chi connectivity index (χ4v) is 4.60. The lowest BCUT2D eigenvalue weighted by atomic mass is 9.95. The molecule has 4 nitrogen and oxygen atoms in total. The van der Waals surface area contributed by atoms with Gasteiger partial charge in [0.05, 0.1) is 22.1 Å². The molecule has 6 rings (SSSR count). The van der Waals surface area contributed by atoms with Crippen molar-refractivity contribution in [3.63, 3.8) is 0 Å². The standard InChI is InChI=1S/C30H23N3O/c1-2-19-16-22-10-7-15-31-28(22)25(17-19)21-9-5-8-20(18-21)23-12-6-13-26-29(23)33-30(32-26)24-11-3-4-14-27(24)34/h3-18,34H,2H2,1H3,(H,32,33). The quantitative estimate of drug-likeness (QED) is 0.300. The monoisotopic (exact) mass is 441 g/mol. The maximum absolute atomic E-state index is 10.3. The normalized spacial score (nSPS) is 11.3. The Labute approximate surface area is 197 Å². The summed E-state index contributed by atoms with van der Waals surface area (Å²) in [5.74, 6) is 0.864. The van der Waals surface area contributed by atoms with Gasteiger partial charge in [-0.05, 0) is 65.6 Å². The van der Waals surface area contributed by atoms with Crippen LogP contribution in [0.5, 0.6) is 5.75 Å². The lowest BCUT2D eigenvalue weighted by molar-refractivity contribution is 0.477. The Morgan fingerprint density at radius 2 is 1.53 bits per heavy atom. The molecule has 0 bridgehead atoms. The van der Waals surface area contributed by atoms with E-state index >= 15 is 0 Å². The molecule has 4 heteroatoms. The Hall–Kier alpha value is -4.44. The molecule has 0 aliphatic rings. The maximum Gasteiger partial charge on any atom is 0.142 e. The second-order valence-electron chi connectivity index (χ2n) is 8.46. The first-order valence-corrected chi connectivity index (χ1v) is 11.5. The van der Waals surface area contributed by atoms with Gasteiger partial charge in [0.1, 0.15) is 11.6 Å². The number of fused-ring (bicyclic) bond motifs is 2. The number of aryl methyl sites for hydroxylation is 1. The van der Waals surface area contributed by atoms with Crippen molar-refractivity contribution in [3.05, 3.63) is 103 Å². The van der Waals surface area contributed by atoms with E-state index in [0.717, 1.165) is 50.6 Å². The highest BCUT2D eigenvalue weighted by molar-refractivity contribution is 5.97. The van der Waals surface area contributed by atoms with Gasteiger partial charge in [0.15, 0.2) is 0 Å². The molecule has 6 aromatic rings. The third-order valence-corrected chi connectivity index (χ3v) is 6.33. The number of phenols is 1. The topological polar surface area (TPSA) is 61.8 Å². The molecule has 0 aliphatic heterocycles. The summed E-state index contributed by atoms with van der Waals surface area (Å²) in [6.07, 6.45) is 2.82. The Bertz CT molecular complexity index is 1670. The Balaban J connectivity index is 1.51. The SMILES string of the molecule is CCc1cc(-c2cccc(-c3cccc4[nH]c(-c5ccccc5O)nc34)c2)c2ncccc2c1. The third-order valence-electron chi connectivity index (χ3n) is 6.33. The van der Waals surface area contributed by atoms with E-state index in [0.29, 0.717) is 11.4 Å². The van der Waals surface area contributed by atoms with Crippen molar-refractivity contribution >= 4 is 21.9 Å². The van der Waals surface area contributed by atoms with E-state index in [1.54, 1.807) is 6.07 Å². The number of aromatic hydroxyl groups is 1. The molecule has 0 saturated heterocycles. The van der Waals surface area contributed by atoms with E-state index in [-0.39, 0.29) is 5.75 Å². The average molecular weight is 442 g/mol. The molecule has 4 aromatic carbocycles. The number of imidazole rings is 1. The minimum Gasteiger partial charge on any atom is -0.507 e. The first kappa shape index (κ1) is 20.2. The van der Waals surface area contributed by atoms with Gasteiger partial charge in [-0.1, -0.05) is 55.5 Å². The van der Waals surface area contributed by atoms with Crippen LogP contribution in [-0.4, -0.2) is 20.1 Å². The first-order chi connectivity index (χ1) is 16.7. The first-order valence-electron chi connectivity index (χ1n) is 11.5. The summed E-state index contributed by atoms with van der Waals surface area (Å²) >= 11 is 0. The summed E-state index contributed by atoms with van der Waals surface area (Å²) in [4.78, 5) is 12.9. The number of hydrogen-bond acceptors (Lipinski definition) is 3. The summed E-state index contributed by atoms with van der Waals surface area (Å²) in [5, 5.41) is 11.5. The Morgan fingerprint density at radius 3 is 2.38 bits per heavy atom. The molecule has 2 heterocycles. The maximum atomic E-state index is 10.3. The summed E-state index contributed by atoms with van der Waals surface area (Å²) in [6.45, 7) is 2.18. The van der Waals surface area contributed by atoms with Gasteiger partial charge >= 0.3 is 0 Å². The van der Waals surface area contributed by atoms with E-state index < -0.39 is 0 Å². The van der Waals surface area contributed by atoms with Gasteiger partial charge in [-0.3, -0.25) is 4.98 Å². The number of benzene rings is 4. The van der Waals surface area contributed by atoms with Crippen molar-refractivity contribution in [3.8, 4) is 39.4 Å². The van der Waals surface area contributed by atoms with E-state index in [9.17, 15) is 5.11 Å². The Kier molecular flexibility index (Phi) is 4.84. The number of rotatable bonds is 4. The van der Waals surface area contributed by atoms with Crippen LogP contribution >= 0.6 is 0 Å².